The van der Waals surface area contributed by atoms with E-state index in [1.807, 2.05) is 18.5 Å². The molecule has 19 heavy (non-hydrogen) atoms. The van der Waals surface area contributed by atoms with E-state index in [1.54, 1.807) is 0 Å². The van der Waals surface area contributed by atoms with E-state index in [2.05, 4.69) is 36.2 Å². The lowest BCUT2D eigenvalue weighted by molar-refractivity contribution is 0.419. The minimum absolute atomic E-state index is 0.0753. The molecule has 1 saturated carbocycles. The first-order chi connectivity index (χ1) is 9.25. The third kappa shape index (κ3) is 2.41. The number of hydrogen-bond donors (Lipinski definition) is 1. The van der Waals surface area contributed by atoms with E-state index in [9.17, 15) is 0 Å². The fourth-order valence-electron chi connectivity index (χ4n) is 2.73. The quantitative estimate of drug-likeness (QED) is 0.904. The molecule has 2 N–H and O–H groups in total. The molecule has 0 spiro atoms. The van der Waals surface area contributed by atoms with Gasteiger partial charge >= 0.3 is 0 Å². The lowest BCUT2D eigenvalue weighted by Crippen LogP contribution is -2.15. The summed E-state index contributed by atoms with van der Waals surface area (Å²) in [7, 11) is 0. The maximum absolute atomic E-state index is 6.41. The first-order valence-corrected chi connectivity index (χ1v) is 7.01. The van der Waals surface area contributed by atoms with Crippen LogP contribution in [0, 0.1) is 6.92 Å². The van der Waals surface area contributed by atoms with Gasteiger partial charge < -0.3 is 5.73 Å². The van der Waals surface area contributed by atoms with Gasteiger partial charge in [0.05, 0.1) is 6.04 Å². The van der Waals surface area contributed by atoms with Gasteiger partial charge in [-0.15, -0.1) is 0 Å². The van der Waals surface area contributed by atoms with Crippen LogP contribution >= 0.6 is 0 Å². The third-order valence-corrected chi connectivity index (χ3v) is 4.26. The summed E-state index contributed by atoms with van der Waals surface area (Å²) in [4.78, 5) is 4.20. The molecule has 1 aromatic heterocycles. The van der Waals surface area contributed by atoms with Gasteiger partial charge in [-0.05, 0) is 54.0 Å². The Bertz CT molecular complexity index is 573. The van der Waals surface area contributed by atoms with E-state index in [0.717, 1.165) is 11.5 Å². The molecule has 1 aromatic carbocycles. The Labute approximate surface area is 114 Å². The summed E-state index contributed by atoms with van der Waals surface area (Å²) in [6.07, 6.45) is 7.71. The maximum atomic E-state index is 6.41. The average molecular weight is 252 g/mol. The Morgan fingerprint density at radius 2 is 2.11 bits per heavy atom. The van der Waals surface area contributed by atoms with Crippen LogP contribution in [0.5, 0.6) is 0 Å². The number of hydrogen-bond acceptors (Lipinski definition) is 2. The molecule has 2 nitrogen and oxygen atoms in total. The first-order valence-electron chi connectivity index (χ1n) is 7.01. The predicted octanol–water partition coefficient (Wildman–Crippen LogP) is 3.71. The lowest BCUT2D eigenvalue weighted by Gasteiger charge is -2.26. The van der Waals surface area contributed by atoms with Crippen LogP contribution in [0.1, 0.15) is 53.5 Å². The highest BCUT2D eigenvalue weighted by atomic mass is 14.7. The van der Waals surface area contributed by atoms with E-state index in [4.69, 9.17) is 5.73 Å². The van der Waals surface area contributed by atoms with E-state index < -0.39 is 0 Å². The molecule has 0 saturated heterocycles. The van der Waals surface area contributed by atoms with Crippen molar-refractivity contribution in [3.8, 4) is 0 Å². The minimum atomic E-state index is -0.0753. The molecule has 3 rings (SSSR count). The summed E-state index contributed by atoms with van der Waals surface area (Å²) in [5, 5.41) is 0. The molecule has 1 unspecified atom stereocenters. The molecule has 0 radical (unpaired) electrons. The van der Waals surface area contributed by atoms with Crippen molar-refractivity contribution in [3.63, 3.8) is 0 Å². The van der Waals surface area contributed by atoms with Crippen LogP contribution in [0.4, 0.5) is 0 Å². The highest BCUT2D eigenvalue weighted by Gasteiger charge is 2.20. The molecule has 1 heterocycles. The van der Waals surface area contributed by atoms with Crippen LogP contribution in [-0.2, 0) is 0 Å². The van der Waals surface area contributed by atoms with Gasteiger partial charge in [-0.1, -0.05) is 30.7 Å². The largest absolute Gasteiger partial charge is 0.320 e. The molecule has 0 aliphatic heterocycles. The van der Waals surface area contributed by atoms with Gasteiger partial charge in [0.25, 0.3) is 0 Å². The van der Waals surface area contributed by atoms with E-state index in [1.165, 1.54) is 36.0 Å². The second-order valence-electron chi connectivity index (χ2n) is 5.51. The maximum Gasteiger partial charge on any atom is 0.0569 e. The predicted molar refractivity (Wildman–Crippen MR) is 78.0 cm³/mol. The SMILES string of the molecule is Cc1ccncc1C(N)c1cccc(C2CCC2)c1. The van der Waals surface area contributed by atoms with Gasteiger partial charge in [-0.25, -0.2) is 0 Å². The fourth-order valence-corrected chi connectivity index (χ4v) is 2.73. The van der Waals surface area contributed by atoms with E-state index >= 15 is 0 Å². The molecular formula is C17H20N2. The first kappa shape index (κ1) is 12.4. The van der Waals surface area contributed by atoms with Crippen molar-refractivity contribution >= 4 is 0 Å². The number of pyridine rings is 1. The van der Waals surface area contributed by atoms with Crippen molar-refractivity contribution in [1.29, 1.82) is 0 Å². The molecule has 1 fully saturated rings. The normalized spacial score (nSPS) is 16.9. The number of benzene rings is 1. The second kappa shape index (κ2) is 5.14. The summed E-state index contributed by atoms with van der Waals surface area (Å²) in [6.45, 7) is 2.09. The van der Waals surface area contributed by atoms with Crippen LogP contribution in [0.2, 0.25) is 0 Å². The van der Waals surface area contributed by atoms with Crippen molar-refractivity contribution in [2.24, 2.45) is 5.73 Å². The summed E-state index contributed by atoms with van der Waals surface area (Å²) in [6, 6.07) is 10.7. The van der Waals surface area contributed by atoms with E-state index in [0.29, 0.717) is 0 Å². The van der Waals surface area contributed by atoms with Crippen molar-refractivity contribution in [2.45, 2.75) is 38.1 Å². The Morgan fingerprint density at radius 3 is 2.79 bits per heavy atom. The van der Waals surface area contributed by atoms with Crippen LogP contribution in [0.25, 0.3) is 0 Å². The Hall–Kier alpha value is -1.67. The molecule has 98 valence electrons. The number of aryl methyl sites for hydroxylation is 1. The summed E-state index contributed by atoms with van der Waals surface area (Å²) < 4.78 is 0. The van der Waals surface area contributed by atoms with Gasteiger partial charge in [0.1, 0.15) is 0 Å². The molecule has 0 bridgehead atoms. The summed E-state index contributed by atoms with van der Waals surface area (Å²) >= 11 is 0. The van der Waals surface area contributed by atoms with Crippen molar-refractivity contribution in [2.75, 3.05) is 0 Å². The zero-order valence-corrected chi connectivity index (χ0v) is 11.3. The fraction of sp³-hybridized carbons (Fsp3) is 0.353. The summed E-state index contributed by atoms with van der Waals surface area (Å²) in [5.74, 6) is 0.752. The second-order valence-corrected chi connectivity index (χ2v) is 5.51. The average Bonchev–Trinajstić information content (AvgIpc) is 2.37. The Morgan fingerprint density at radius 1 is 1.26 bits per heavy atom. The van der Waals surface area contributed by atoms with Gasteiger partial charge in [-0.2, -0.15) is 0 Å². The van der Waals surface area contributed by atoms with Gasteiger partial charge in [0, 0.05) is 12.4 Å². The van der Waals surface area contributed by atoms with Crippen molar-refractivity contribution in [1.82, 2.24) is 4.98 Å². The molecule has 2 aromatic rings. The van der Waals surface area contributed by atoms with E-state index in [-0.39, 0.29) is 6.04 Å². The number of nitrogens with two attached hydrogens (primary N) is 1. The van der Waals surface area contributed by atoms with Gasteiger partial charge in [0.2, 0.25) is 0 Å². The molecular weight excluding hydrogens is 232 g/mol. The van der Waals surface area contributed by atoms with Gasteiger partial charge in [0.15, 0.2) is 0 Å². The van der Waals surface area contributed by atoms with Crippen LogP contribution in [-0.4, -0.2) is 4.98 Å². The number of aromatic nitrogens is 1. The lowest BCUT2D eigenvalue weighted by atomic mass is 9.79. The summed E-state index contributed by atoms with van der Waals surface area (Å²) in [5.41, 5.74) is 11.4. The zero-order valence-electron chi connectivity index (χ0n) is 11.3. The highest BCUT2D eigenvalue weighted by molar-refractivity contribution is 5.37. The topological polar surface area (TPSA) is 38.9 Å². The monoisotopic (exact) mass is 252 g/mol. The third-order valence-electron chi connectivity index (χ3n) is 4.26. The van der Waals surface area contributed by atoms with Crippen LogP contribution < -0.4 is 5.73 Å². The Kier molecular flexibility index (Phi) is 3.34. The van der Waals surface area contributed by atoms with Crippen LogP contribution in [0.3, 0.4) is 0 Å². The van der Waals surface area contributed by atoms with Crippen molar-refractivity contribution in [3.05, 3.63) is 65.0 Å². The molecule has 1 aliphatic rings. The number of nitrogens with zero attached hydrogens (tertiary/aromatic N) is 1. The van der Waals surface area contributed by atoms with Gasteiger partial charge in [-0.3, -0.25) is 4.98 Å². The Balaban J connectivity index is 1.91. The minimum Gasteiger partial charge on any atom is -0.320 e. The molecule has 1 atom stereocenters. The number of rotatable bonds is 3. The van der Waals surface area contributed by atoms with Crippen LogP contribution in [0.15, 0.2) is 42.7 Å². The smallest absolute Gasteiger partial charge is 0.0569 e. The highest BCUT2D eigenvalue weighted by Crippen LogP contribution is 2.37. The molecule has 1 aliphatic carbocycles. The molecule has 2 heteroatoms. The zero-order chi connectivity index (χ0) is 13.2. The standard InChI is InChI=1S/C17H20N2/c1-12-8-9-19-11-16(12)17(18)15-7-3-6-14(10-15)13-4-2-5-13/h3,6-11,13,17H,2,4-5,18H2,1H3. The molecule has 0 amide bonds. The van der Waals surface area contributed by atoms with Crippen molar-refractivity contribution < 1.29 is 0 Å².